The molecule has 0 aromatic carbocycles. The van der Waals surface area contributed by atoms with Gasteiger partial charge >= 0.3 is 0 Å². The summed E-state index contributed by atoms with van der Waals surface area (Å²) in [5.41, 5.74) is 0. The molecule has 102 valence electrons. The summed E-state index contributed by atoms with van der Waals surface area (Å²) in [6, 6.07) is -0.0105. The van der Waals surface area contributed by atoms with E-state index in [1.165, 1.54) is 11.8 Å². The Balaban J connectivity index is 2.21. The number of nitrogens with zero attached hydrogens (tertiary/aromatic N) is 2. The highest BCUT2D eigenvalue weighted by atomic mass is 32.2. The first-order valence-corrected chi connectivity index (χ1v) is 8.80. The molecule has 7 heteroatoms. The summed E-state index contributed by atoms with van der Waals surface area (Å²) in [6.07, 6.45) is 0. The molecular formula is C11H18N2O3S2. The van der Waals surface area contributed by atoms with Crippen molar-refractivity contribution in [3.8, 4) is 0 Å². The lowest BCUT2D eigenvalue weighted by Crippen LogP contribution is -2.37. The summed E-state index contributed by atoms with van der Waals surface area (Å²) in [5, 5.41) is 0.731. The number of amides is 1. The van der Waals surface area contributed by atoms with Crippen molar-refractivity contribution in [3.05, 3.63) is 0 Å². The predicted octanol–water partition coefficient (Wildman–Crippen LogP) is 0.759. The Morgan fingerprint density at radius 1 is 1.50 bits per heavy atom. The summed E-state index contributed by atoms with van der Waals surface area (Å²) >= 11 is 1.44. The predicted molar refractivity (Wildman–Crippen MR) is 73.5 cm³/mol. The molecule has 2 saturated heterocycles. The van der Waals surface area contributed by atoms with Gasteiger partial charge in [-0.3, -0.25) is 4.79 Å². The molecular weight excluding hydrogens is 272 g/mol. The average molecular weight is 290 g/mol. The molecule has 2 fully saturated rings. The molecule has 0 radical (unpaired) electrons. The molecule has 2 heterocycles. The molecule has 0 spiro atoms. The minimum atomic E-state index is -2.92. The molecule has 0 N–H and O–H groups in total. The number of amidine groups is 1. The number of aliphatic imine (C=N–C) groups is 1. The van der Waals surface area contributed by atoms with Crippen LogP contribution in [0.2, 0.25) is 0 Å². The summed E-state index contributed by atoms with van der Waals surface area (Å²) in [4.78, 5) is 17.7. The largest absolute Gasteiger partial charge is 0.346 e. The van der Waals surface area contributed by atoms with E-state index in [1.807, 2.05) is 25.7 Å². The normalized spacial score (nSPS) is 32.2. The van der Waals surface area contributed by atoms with E-state index in [2.05, 4.69) is 4.99 Å². The Bertz CT molecular complexity index is 485. The zero-order chi connectivity index (χ0) is 13.5. The molecule has 0 aromatic rings. The van der Waals surface area contributed by atoms with Crippen molar-refractivity contribution in [2.75, 3.05) is 18.1 Å². The first kappa shape index (κ1) is 13.9. The van der Waals surface area contributed by atoms with Gasteiger partial charge in [-0.1, -0.05) is 25.6 Å². The molecule has 0 saturated carbocycles. The highest BCUT2D eigenvalue weighted by Crippen LogP contribution is 2.37. The van der Waals surface area contributed by atoms with Crippen LogP contribution in [0.5, 0.6) is 0 Å². The van der Waals surface area contributed by atoms with E-state index in [9.17, 15) is 13.2 Å². The standard InChI is InChI=1S/C11H18N2O3S2/c1-4-13-8-5-18(15,16)6-9(8)17-11(13)12-10(14)7(2)3/h7-9H,4-6H2,1-3H3/t8-,9-/m1/s1. The Kier molecular flexibility index (Phi) is 3.73. The van der Waals surface area contributed by atoms with E-state index in [0.717, 1.165) is 0 Å². The van der Waals surface area contributed by atoms with Gasteiger partial charge in [-0.05, 0) is 6.92 Å². The number of thioether (sulfide) groups is 1. The maximum absolute atomic E-state index is 11.7. The molecule has 2 rings (SSSR count). The maximum atomic E-state index is 11.7. The number of hydrogen-bond donors (Lipinski definition) is 0. The molecule has 2 aliphatic rings. The van der Waals surface area contributed by atoms with Gasteiger partial charge in [0.05, 0.1) is 17.5 Å². The van der Waals surface area contributed by atoms with Gasteiger partial charge in [0.15, 0.2) is 15.0 Å². The lowest BCUT2D eigenvalue weighted by atomic mass is 10.2. The molecule has 0 aromatic heterocycles. The van der Waals surface area contributed by atoms with E-state index in [4.69, 9.17) is 0 Å². The van der Waals surface area contributed by atoms with Crippen LogP contribution in [0.3, 0.4) is 0 Å². The second-order valence-corrected chi connectivity index (χ2v) is 8.33. The number of rotatable bonds is 2. The molecule has 5 nitrogen and oxygen atoms in total. The zero-order valence-corrected chi connectivity index (χ0v) is 12.4. The van der Waals surface area contributed by atoms with Gasteiger partial charge < -0.3 is 4.90 Å². The molecule has 0 unspecified atom stereocenters. The topological polar surface area (TPSA) is 66.8 Å². The summed E-state index contributed by atoms with van der Waals surface area (Å²) in [6.45, 7) is 6.28. The van der Waals surface area contributed by atoms with Crippen molar-refractivity contribution in [3.63, 3.8) is 0 Å². The fourth-order valence-corrected chi connectivity index (χ4v) is 6.25. The Morgan fingerprint density at radius 2 is 2.17 bits per heavy atom. The van der Waals surface area contributed by atoms with Gasteiger partial charge in [0, 0.05) is 17.7 Å². The van der Waals surface area contributed by atoms with Crippen LogP contribution < -0.4 is 0 Å². The van der Waals surface area contributed by atoms with Gasteiger partial charge in [0.1, 0.15) is 0 Å². The van der Waals surface area contributed by atoms with Crippen LogP contribution in [0, 0.1) is 5.92 Å². The quantitative estimate of drug-likeness (QED) is 0.751. The van der Waals surface area contributed by atoms with E-state index in [0.29, 0.717) is 11.7 Å². The molecule has 0 aliphatic carbocycles. The van der Waals surface area contributed by atoms with Crippen molar-refractivity contribution in [1.29, 1.82) is 0 Å². The minimum Gasteiger partial charge on any atom is -0.346 e. The van der Waals surface area contributed by atoms with Crippen LogP contribution >= 0.6 is 11.8 Å². The number of fused-ring (bicyclic) bond motifs is 1. The first-order chi connectivity index (χ1) is 8.34. The molecule has 1 amide bonds. The minimum absolute atomic E-state index is 0.0105. The lowest BCUT2D eigenvalue weighted by Gasteiger charge is -2.22. The summed E-state index contributed by atoms with van der Waals surface area (Å²) < 4.78 is 23.2. The van der Waals surface area contributed by atoms with Gasteiger partial charge in [0.25, 0.3) is 5.91 Å². The second-order valence-electron chi connectivity index (χ2n) is 4.97. The van der Waals surface area contributed by atoms with Crippen LogP contribution in [-0.2, 0) is 14.6 Å². The smallest absolute Gasteiger partial charge is 0.250 e. The molecule has 18 heavy (non-hydrogen) atoms. The van der Waals surface area contributed by atoms with Crippen LogP contribution in [0.1, 0.15) is 20.8 Å². The Labute approximate surface area is 112 Å². The van der Waals surface area contributed by atoms with E-state index < -0.39 is 9.84 Å². The summed E-state index contributed by atoms with van der Waals surface area (Å²) in [7, 11) is -2.92. The third-order valence-electron chi connectivity index (χ3n) is 3.22. The van der Waals surface area contributed by atoms with Crippen LogP contribution in [-0.4, -0.2) is 53.7 Å². The van der Waals surface area contributed by atoms with Crippen molar-refractivity contribution in [2.24, 2.45) is 10.9 Å². The third kappa shape index (κ3) is 2.56. The molecule has 2 aliphatic heterocycles. The van der Waals surface area contributed by atoms with Crippen molar-refractivity contribution in [2.45, 2.75) is 32.1 Å². The van der Waals surface area contributed by atoms with Crippen LogP contribution in [0.15, 0.2) is 4.99 Å². The fraction of sp³-hybridized carbons (Fsp3) is 0.818. The zero-order valence-electron chi connectivity index (χ0n) is 10.8. The first-order valence-electron chi connectivity index (χ1n) is 6.10. The number of sulfone groups is 1. The highest BCUT2D eigenvalue weighted by molar-refractivity contribution is 8.15. The third-order valence-corrected chi connectivity index (χ3v) is 6.46. The monoisotopic (exact) mass is 290 g/mol. The highest BCUT2D eigenvalue weighted by Gasteiger charge is 2.48. The van der Waals surface area contributed by atoms with Crippen LogP contribution in [0.25, 0.3) is 0 Å². The number of carbonyl (C=O) groups excluding carboxylic acids is 1. The van der Waals surface area contributed by atoms with E-state index in [1.54, 1.807) is 0 Å². The van der Waals surface area contributed by atoms with E-state index in [-0.39, 0.29) is 34.6 Å². The van der Waals surface area contributed by atoms with Crippen molar-refractivity contribution < 1.29 is 13.2 Å². The Morgan fingerprint density at radius 3 is 2.72 bits per heavy atom. The fourth-order valence-electron chi connectivity index (χ4n) is 2.23. The van der Waals surface area contributed by atoms with Gasteiger partial charge in [-0.2, -0.15) is 4.99 Å². The van der Waals surface area contributed by atoms with Gasteiger partial charge in [0.2, 0.25) is 0 Å². The maximum Gasteiger partial charge on any atom is 0.250 e. The SMILES string of the molecule is CCN1C(=NC(=O)C(C)C)S[C@@H]2CS(=O)(=O)C[C@H]21. The number of carbonyl (C=O) groups is 1. The van der Waals surface area contributed by atoms with Crippen LogP contribution in [0.4, 0.5) is 0 Å². The average Bonchev–Trinajstić information content (AvgIpc) is 2.68. The van der Waals surface area contributed by atoms with E-state index >= 15 is 0 Å². The van der Waals surface area contributed by atoms with Crippen molar-refractivity contribution in [1.82, 2.24) is 4.90 Å². The lowest BCUT2D eigenvalue weighted by molar-refractivity contribution is -0.120. The Hall–Kier alpha value is -0.560. The second kappa shape index (κ2) is 4.85. The molecule has 0 bridgehead atoms. The number of hydrogen-bond acceptors (Lipinski definition) is 4. The summed E-state index contributed by atoms with van der Waals surface area (Å²) in [5.74, 6) is 0.126. The van der Waals surface area contributed by atoms with Crippen molar-refractivity contribution >= 4 is 32.7 Å². The van der Waals surface area contributed by atoms with Gasteiger partial charge in [-0.15, -0.1) is 0 Å². The van der Waals surface area contributed by atoms with Gasteiger partial charge in [-0.25, -0.2) is 8.42 Å². The molecule has 2 atom stereocenters.